The fraction of sp³-hybridized carbons (Fsp3) is 0.842. The third-order valence-electron chi connectivity index (χ3n) is 3.68. The van der Waals surface area contributed by atoms with Crippen LogP contribution in [0.4, 0.5) is 9.59 Å². The van der Waals surface area contributed by atoms with Gasteiger partial charge in [-0.3, -0.25) is 4.79 Å². The first kappa shape index (κ1) is 28.9. The van der Waals surface area contributed by atoms with Gasteiger partial charge in [0.15, 0.2) is 0 Å². The second-order valence-electron chi connectivity index (χ2n) is 6.38. The van der Waals surface area contributed by atoms with Crippen molar-refractivity contribution in [2.45, 2.75) is 26.2 Å². The van der Waals surface area contributed by atoms with Crippen molar-refractivity contribution in [1.29, 1.82) is 0 Å². The van der Waals surface area contributed by atoms with Crippen LogP contribution in [0.1, 0.15) is 26.2 Å². The molecule has 0 spiro atoms. The molecule has 0 atom stereocenters. The Morgan fingerprint density at radius 2 is 1.06 bits per heavy atom. The summed E-state index contributed by atoms with van der Waals surface area (Å²) in [6.45, 7) is 6.83. The summed E-state index contributed by atoms with van der Waals surface area (Å²) >= 11 is 0. The lowest BCUT2D eigenvalue weighted by Gasteiger charge is -2.09. The van der Waals surface area contributed by atoms with Crippen LogP contribution in [0.15, 0.2) is 0 Å². The molecule has 6 N–H and O–H groups in total. The number of primary amides is 1. The molecule has 0 fully saturated rings. The number of urea groups is 2. The maximum atomic E-state index is 11.6. The predicted octanol–water partition coefficient (Wildman–Crippen LogP) is -0.673. The molecule has 12 nitrogen and oxygen atoms in total. The van der Waals surface area contributed by atoms with Gasteiger partial charge < -0.3 is 45.9 Å². The molecule has 0 unspecified atom stereocenters. The molecule has 0 bridgehead atoms. The summed E-state index contributed by atoms with van der Waals surface area (Å²) in [6.07, 6.45) is 2.46. The monoisotopic (exact) mass is 449 g/mol. The Morgan fingerprint density at radius 3 is 1.48 bits per heavy atom. The molecule has 0 aromatic carbocycles. The normalized spacial score (nSPS) is 10.5. The van der Waals surface area contributed by atoms with Gasteiger partial charge >= 0.3 is 12.1 Å². The van der Waals surface area contributed by atoms with E-state index in [1.807, 2.05) is 6.92 Å². The highest BCUT2D eigenvalue weighted by atomic mass is 16.5. The Morgan fingerprint density at radius 1 is 0.645 bits per heavy atom. The number of amides is 5. The third kappa shape index (κ3) is 24.0. The van der Waals surface area contributed by atoms with Gasteiger partial charge in [-0.05, 0) is 6.42 Å². The van der Waals surface area contributed by atoms with Gasteiger partial charge in [-0.25, -0.2) is 9.59 Å². The average molecular weight is 450 g/mol. The Hall–Kier alpha value is -2.15. The maximum absolute atomic E-state index is 11.6. The van der Waals surface area contributed by atoms with Crippen LogP contribution in [0.25, 0.3) is 0 Å². The highest BCUT2D eigenvalue weighted by Gasteiger charge is 2.00. The van der Waals surface area contributed by atoms with Gasteiger partial charge in [0.1, 0.15) is 0 Å². The van der Waals surface area contributed by atoms with Crippen molar-refractivity contribution in [3.63, 3.8) is 0 Å². The molecule has 0 heterocycles. The minimum absolute atomic E-state index is 0.0538. The van der Waals surface area contributed by atoms with Gasteiger partial charge in [-0.15, -0.1) is 0 Å². The van der Waals surface area contributed by atoms with Gasteiger partial charge in [0, 0.05) is 32.6 Å². The van der Waals surface area contributed by atoms with Crippen LogP contribution < -0.4 is 27.0 Å². The first-order chi connectivity index (χ1) is 15.1. The van der Waals surface area contributed by atoms with Gasteiger partial charge in [-0.1, -0.05) is 13.3 Å². The van der Waals surface area contributed by atoms with Crippen molar-refractivity contribution in [3.05, 3.63) is 0 Å². The molecule has 0 aliphatic carbocycles. The number of unbranched alkanes of at least 4 members (excludes halogenated alkanes) is 1. The minimum atomic E-state index is -0.582. The fourth-order valence-corrected chi connectivity index (χ4v) is 2.11. The molecule has 0 aliphatic heterocycles. The molecule has 0 aromatic rings. The van der Waals surface area contributed by atoms with Crippen molar-refractivity contribution < 1.29 is 33.3 Å². The summed E-state index contributed by atoms with van der Waals surface area (Å²) in [5.74, 6) is 0.0538. The van der Waals surface area contributed by atoms with Crippen molar-refractivity contribution in [3.8, 4) is 0 Å². The van der Waals surface area contributed by atoms with Crippen molar-refractivity contribution in [2.75, 3.05) is 79.0 Å². The van der Waals surface area contributed by atoms with E-state index < -0.39 is 6.03 Å². The molecule has 31 heavy (non-hydrogen) atoms. The average Bonchev–Trinajstić information content (AvgIpc) is 2.74. The van der Waals surface area contributed by atoms with E-state index in [1.165, 1.54) is 0 Å². The lowest BCUT2D eigenvalue weighted by Crippen LogP contribution is -2.39. The Balaban J connectivity index is 3.23. The van der Waals surface area contributed by atoms with Crippen LogP contribution in [0.3, 0.4) is 0 Å². The van der Waals surface area contributed by atoms with Crippen molar-refractivity contribution in [1.82, 2.24) is 21.3 Å². The van der Waals surface area contributed by atoms with Gasteiger partial charge in [0.05, 0.1) is 52.9 Å². The van der Waals surface area contributed by atoms with E-state index in [1.54, 1.807) is 0 Å². The smallest absolute Gasteiger partial charge is 0.314 e. The van der Waals surface area contributed by atoms with E-state index in [4.69, 9.17) is 24.7 Å². The zero-order valence-corrected chi connectivity index (χ0v) is 18.5. The molecule has 0 saturated carbocycles. The van der Waals surface area contributed by atoms with E-state index in [0.717, 1.165) is 12.8 Å². The van der Waals surface area contributed by atoms with Gasteiger partial charge in [0.25, 0.3) is 0 Å². The van der Waals surface area contributed by atoms with E-state index in [2.05, 4.69) is 21.3 Å². The summed E-state index contributed by atoms with van der Waals surface area (Å²) < 4.78 is 21.2. The highest BCUT2D eigenvalue weighted by molar-refractivity contribution is 5.75. The molecular formula is C19H39N5O7. The molecular weight excluding hydrogens is 410 g/mol. The molecule has 0 aliphatic rings. The quantitative estimate of drug-likeness (QED) is 0.145. The van der Waals surface area contributed by atoms with E-state index in [0.29, 0.717) is 85.5 Å². The number of hydrogen-bond acceptors (Lipinski definition) is 7. The standard InChI is InChI=1S/C19H39N5O7/c1-2-3-4-17(25)21-5-9-28-13-15-30-11-7-23-19(27)24-8-12-31-16-14-29-10-6-22-18(20)26/h2-16H2,1H3,(H,21,25)(H3,20,22,26)(H2,23,24,27). The van der Waals surface area contributed by atoms with Gasteiger partial charge in [-0.2, -0.15) is 0 Å². The molecule has 5 amide bonds. The van der Waals surface area contributed by atoms with E-state index >= 15 is 0 Å². The second kappa shape index (κ2) is 22.5. The van der Waals surface area contributed by atoms with Crippen LogP contribution >= 0.6 is 0 Å². The zero-order valence-electron chi connectivity index (χ0n) is 18.5. The van der Waals surface area contributed by atoms with Crippen LogP contribution in [0.2, 0.25) is 0 Å². The first-order valence-corrected chi connectivity index (χ1v) is 10.7. The Kier molecular flexibility index (Phi) is 21.0. The number of carbonyl (C=O) groups is 3. The summed E-state index contributed by atoms with van der Waals surface area (Å²) in [5, 5.41) is 10.5. The van der Waals surface area contributed by atoms with Crippen LogP contribution in [0.5, 0.6) is 0 Å². The molecule has 0 saturated heterocycles. The van der Waals surface area contributed by atoms with Gasteiger partial charge in [0.2, 0.25) is 5.91 Å². The number of nitrogens with one attached hydrogen (secondary N) is 4. The molecule has 12 heteroatoms. The number of nitrogens with two attached hydrogens (primary N) is 1. The summed E-state index contributed by atoms with van der Waals surface area (Å²) in [6, 6.07) is -0.878. The first-order valence-electron chi connectivity index (χ1n) is 10.7. The van der Waals surface area contributed by atoms with Crippen LogP contribution in [0, 0.1) is 0 Å². The number of ether oxygens (including phenoxy) is 4. The molecule has 0 rings (SSSR count). The minimum Gasteiger partial charge on any atom is -0.377 e. The predicted molar refractivity (Wildman–Crippen MR) is 115 cm³/mol. The Labute approximate surface area is 184 Å². The fourth-order valence-electron chi connectivity index (χ4n) is 2.11. The van der Waals surface area contributed by atoms with E-state index in [-0.39, 0.29) is 11.9 Å². The molecule has 0 aromatic heterocycles. The van der Waals surface area contributed by atoms with Crippen molar-refractivity contribution >= 4 is 18.0 Å². The van der Waals surface area contributed by atoms with E-state index in [9.17, 15) is 14.4 Å². The maximum Gasteiger partial charge on any atom is 0.314 e. The third-order valence-corrected chi connectivity index (χ3v) is 3.68. The van der Waals surface area contributed by atoms with Crippen LogP contribution in [-0.4, -0.2) is 97.0 Å². The summed E-state index contributed by atoms with van der Waals surface area (Å²) in [4.78, 5) is 33.4. The number of rotatable bonds is 21. The number of carbonyl (C=O) groups excluding carboxylic acids is 3. The number of hydrogen-bond donors (Lipinski definition) is 5. The summed E-state index contributed by atoms with van der Waals surface area (Å²) in [5.41, 5.74) is 4.91. The Bertz CT molecular complexity index is 469. The SMILES string of the molecule is CCCCC(=O)NCCOCCOCCNC(=O)NCCOCCOCCNC(N)=O. The van der Waals surface area contributed by atoms with Crippen LogP contribution in [-0.2, 0) is 23.7 Å². The molecule has 182 valence electrons. The lowest BCUT2D eigenvalue weighted by atomic mass is 10.2. The topological polar surface area (TPSA) is 162 Å². The highest BCUT2D eigenvalue weighted by Crippen LogP contribution is 1.92. The molecule has 0 radical (unpaired) electrons. The largest absolute Gasteiger partial charge is 0.377 e. The second-order valence-corrected chi connectivity index (χ2v) is 6.38. The summed E-state index contributed by atoms with van der Waals surface area (Å²) in [7, 11) is 0. The van der Waals surface area contributed by atoms with Crippen molar-refractivity contribution in [2.24, 2.45) is 5.73 Å². The zero-order chi connectivity index (χ0) is 23.0. The lowest BCUT2D eigenvalue weighted by molar-refractivity contribution is -0.121.